The van der Waals surface area contributed by atoms with Gasteiger partial charge in [-0.25, -0.2) is 8.78 Å². The van der Waals surface area contributed by atoms with Gasteiger partial charge in [-0.2, -0.15) is 0 Å². The molecule has 0 bridgehead atoms. The summed E-state index contributed by atoms with van der Waals surface area (Å²) in [5.74, 6) is -1.83. The second kappa shape index (κ2) is 8.05. The molecule has 0 N–H and O–H groups in total. The van der Waals surface area contributed by atoms with E-state index in [-0.39, 0.29) is 25.7 Å². The number of ether oxygens (including phenoxy) is 2. The molecular formula is C19H17F2NO4. The summed E-state index contributed by atoms with van der Waals surface area (Å²) in [6.45, 7) is 0.635. The summed E-state index contributed by atoms with van der Waals surface area (Å²) in [6.07, 6.45) is 0.123. The molecule has 2 aromatic carbocycles. The highest BCUT2D eigenvalue weighted by Crippen LogP contribution is 2.24. The lowest BCUT2D eigenvalue weighted by molar-refractivity contribution is -0.141. The van der Waals surface area contributed by atoms with Crippen molar-refractivity contribution in [3.05, 3.63) is 65.2 Å². The number of aldehydes is 1. The molecule has 1 aliphatic rings. The summed E-state index contributed by atoms with van der Waals surface area (Å²) in [7, 11) is 0. The molecule has 1 saturated heterocycles. The van der Waals surface area contributed by atoms with E-state index in [0.29, 0.717) is 29.7 Å². The van der Waals surface area contributed by atoms with Crippen molar-refractivity contribution in [1.29, 1.82) is 0 Å². The first kappa shape index (κ1) is 18.0. The molecule has 2 aromatic rings. The predicted molar refractivity (Wildman–Crippen MR) is 89.0 cm³/mol. The first-order valence-electron chi connectivity index (χ1n) is 8.10. The minimum Gasteiger partial charge on any atom is -0.483 e. The normalized spacial score (nSPS) is 17.0. The molecule has 1 aliphatic heterocycles. The van der Waals surface area contributed by atoms with Gasteiger partial charge in [0.2, 0.25) is 0 Å². The van der Waals surface area contributed by atoms with Crippen molar-refractivity contribution >= 4 is 12.2 Å². The summed E-state index contributed by atoms with van der Waals surface area (Å²) in [4.78, 5) is 24.9. The Morgan fingerprint density at radius 3 is 2.81 bits per heavy atom. The van der Waals surface area contributed by atoms with Gasteiger partial charge in [0.15, 0.2) is 24.5 Å². The van der Waals surface area contributed by atoms with Crippen molar-refractivity contribution in [1.82, 2.24) is 4.90 Å². The smallest absolute Gasteiger partial charge is 0.260 e. The number of benzene rings is 2. The first-order valence-corrected chi connectivity index (χ1v) is 8.10. The third-order valence-electron chi connectivity index (χ3n) is 4.13. The van der Waals surface area contributed by atoms with Crippen LogP contribution in [-0.2, 0) is 9.53 Å². The van der Waals surface area contributed by atoms with Crippen molar-refractivity contribution in [3.8, 4) is 5.75 Å². The van der Waals surface area contributed by atoms with Gasteiger partial charge in [-0.1, -0.05) is 18.2 Å². The monoisotopic (exact) mass is 361 g/mol. The fraction of sp³-hybridized carbons (Fsp3) is 0.263. The summed E-state index contributed by atoms with van der Waals surface area (Å²) in [6, 6.07) is 10.2. The molecule has 5 nitrogen and oxygen atoms in total. The number of carbonyl (C=O) groups is 2. The van der Waals surface area contributed by atoms with E-state index in [2.05, 4.69) is 0 Å². The molecule has 3 rings (SSSR count). The number of hydrogen-bond donors (Lipinski definition) is 0. The second-order valence-corrected chi connectivity index (χ2v) is 5.82. The van der Waals surface area contributed by atoms with Gasteiger partial charge in [0.05, 0.1) is 18.7 Å². The van der Waals surface area contributed by atoms with Crippen molar-refractivity contribution in [2.45, 2.75) is 6.10 Å². The Labute approximate surface area is 149 Å². The maximum absolute atomic E-state index is 13.4. The number of nitrogens with zero attached hydrogens (tertiary/aromatic N) is 1. The van der Waals surface area contributed by atoms with Crippen LogP contribution in [0.15, 0.2) is 42.5 Å². The van der Waals surface area contributed by atoms with Crippen LogP contribution >= 0.6 is 0 Å². The SMILES string of the molecule is O=Cc1ccccc1OCC(=O)N1CCOC(c2ccc(F)c(F)c2)C1. The summed E-state index contributed by atoms with van der Waals surface area (Å²) < 4.78 is 37.5. The van der Waals surface area contributed by atoms with E-state index < -0.39 is 17.7 Å². The number of morpholine rings is 1. The summed E-state index contributed by atoms with van der Waals surface area (Å²) in [5, 5.41) is 0. The highest BCUT2D eigenvalue weighted by molar-refractivity contribution is 5.81. The molecule has 1 heterocycles. The molecule has 0 spiro atoms. The van der Waals surface area contributed by atoms with E-state index in [1.165, 1.54) is 6.07 Å². The molecule has 1 amide bonds. The Morgan fingerprint density at radius 1 is 1.23 bits per heavy atom. The predicted octanol–water partition coefficient (Wildman–Crippen LogP) is 2.76. The van der Waals surface area contributed by atoms with E-state index in [1.807, 2.05) is 0 Å². The largest absolute Gasteiger partial charge is 0.483 e. The van der Waals surface area contributed by atoms with Crippen LogP contribution in [0.25, 0.3) is 0 Å². The maximum Gasteiger partial charge on any atom is 0.260 e. The molecule has 0 radical (unpaired) electrons. The molecule has 1 fully saturated rings. The van der Waals surface area contributed by atoms with E-state index in [9.17, 15) is 18.4 Å². The molecule has 136 valence electrons. The number of carbonyl (C=O) groups excluding carboxylic acids is 2. The zero-order valence-electron chi connectivity index (χ0n) is 13.9. The van der Waals surface area contributed by atoms with Crippen LogP contribution in [0, 0.1) is 11.6 Å². The van der Waals surface area contributed by atoms with E-state index >= 15 is 0 Å². The van der Waals surface area contributed by atoms with Gasteiger partial charge >= 0.3 is 0 Å². The third-order valence-corrected chi connectivity index (χ3v) is 4.13. The lowest BCUT2D eigenvalue weighted by atomic mass is 10.1. The first-order chi connectivity index (χ1) is 12.6. The van der Waals surface area contributed by atoms with Crippen molar-refractivity contribution in [2.24, 2.45) is 0 Å². The number of amides is 1. The summed E-state index contributed by atoms with van der Waals surface area (Å²) >= 11 is 0. The van der Waals surface area contributed by atoms with Crippen LogP contribution in [0.3, 0.4) is 0 Å². The number of halogens is 2. The molecule has 0 aliphatic carbocycles. The second-order valence-electron chi connectivity index (χ2n) is 5.82. The highest BCUT2D eigenvalue weighted by atomic mass is 19.2. The lowest BCUT2D eigenvalue weighted by Crippen LogP contribution is -2.44. The van der Waals surface area contributed by atoms with E-state index in [0.717, 1.165) is 12.1 Å². The van der Waals surface area contributed by atoms with Gasteiger partial charge in [0, 0.05) is 6.54 Å². The van der Waals surface area contributed by atoms with Gasteiger partial charge in [0.25, 0.3) is 5.91 Å². The van der Waals surface area contributed by atoms with Crippen LogP contribution in [0.5, 0.6) is 5.75 Å². The standard InChI is InChI=1S/C19H17F2NO4/c20-15-6-5-13(9-16(15)21)18-10-22(7-8-25-18)19(24)12-26-17-4-2-1-3-14(17)11-23/h1-6,9,11,18H,7-8,10,12H2. The van der Waals surface area contributed by atoms with Crippen LogP contribution in [0.2, 0.25) is 0 Å². The van der Waals surface area contributed by atoms with Gasteiger partial charge < -0.3 is 14.4 Å². The Morgan fingerprint density at radius 2 is 2.04 bits per heavy atom. The van der Waals surface area contributed by atoms with Crippen LogP contribution in [0.1, 0.15) is 22.0 Å². The van der Waals surface area contributed by atoms with E-state index in [1.54, 1.807) is 29.2 Å². The average molecular weight is 361 g/mol. The molecule has 26 heavy (non-hydrogen) atoms. The van der Waals surface area contributed by atoms with Crippen LogP contribution < -0.4 is 4.74 Å². The molecule has 0 saturated carbocycles. The quantitative estimate of drug-likeness (QED) is 0.769. The Kier molecular flexibility index (Phi) is 5.58. The fourth-order valence-corrected chi connectivity index (χ4v) is 2.73. The minimum absolute atomic E-state index is 0.211. The molecule has 1 atom stereocenters. The number of rotatable bonds is 5. The molecule has 0 aromatic heterocycles. The average Bonchev–Trinajstić information content (AvgIpc) is 2.68. The minimum atomic E-state index is -0.955. The van der Waals surface area contributed by atoms with Gasteiger partial charge in [-0.15, -0.1) is 0 Å². The van der Waals surface area contributed by atoms with Gasteiger partial charge in [-0.3, -0.25) is 9.59 Å². The summed E-state index contributed by atoms with van der Waals surface area (Å²) in [5.41, 5.74) is 0.829. The zero-order valence-corrected chi connectivity index (χ0v) is 13.9. The van der Waals surface area contributed by atoms with Crippen LogP contribution in [0.4, 0.5) is 8.78 Å². The fourth-order valence-electron chi connectivity index (χ4n) is 2.73. The van der Waals surface area contributed by atoms with Crippen molar-refractivity contribution in [3.63, 3.8) is 0 Å². The van der Waals surface area contributed by atoms with Gasteiger partial charge in [0.1, 0.15) is 11.9 Å². The number of para-hydroxylation sites is 1. The zero-order chi connectivity index (χ0) is 18.5. The Balaban J connectivity index is 1.62. The maximum atomic E-state index is 13.4. The lowest BCUT2D eigenvalue weighted by Gasteiger charge is -2.33. The van der Waals surface area contributed by atoms with Crippen molar-refractivity contribution in [2.75, 3.05) is 26.3 Å². The van der Waals surface area contributed by atoms with Crippen molar-refractivity contribution < 1.29 is 27.8 Å². The molecular weight excluding hydrogens is 344 g/mol. The molecule has 7 heteroatoms. The van der Waals surface area contributed by atoms with Crippen LogP contribution in [-0.4, -0.2) is 43.4 Å². The topological polar surface area (TPSA) is 55.8 Å². The Bertz CT molecular complexity index is 812. The van der Waals surface area contributed by atoms with Gasteiger partial charge in [-0.05, 0) is 29.8 Å². The Hall–Kier alpha value is -2.80. The third kappa shape index (κ3) is 4.05. The highest BCUT2D eigenvalue weighted by Gasteiger charge is 2.26. The number of hydrogen-bond acceptors (Lipinski definition) is 4. The molecule has 1 unspecified atom stereocenters. The van der Waals surface area contributed by atoms with E-state index in [4.69, 9.17) is 9.47 Å².